The van der Waals surface area contributed by atoms with E-state index in [0.29, 0.717) is 40.5 Å². The second kappa shape index (κ2) is 10.9. The number of benzene rings is 1. The number of halogens is 1. The molecule has 1 aromatic rings. The van der Waals surface area contributed by atoms with Crippen LogP contribution in [0.3, 0.4) is 0 Å². The normalized spacial score (nSPS) is 23.3. The van der Waals surface area contributed by atoms with E-state index in [1.165, 1.54) is 0 Å². The molecule has 0 aromatic heterocycles. The van der Waals surface area contributed by atoms with Gasteiger partial charge in [-0.05, 0) is 50.7 Å². The van der Waals surface area contributed by atoms with E-state index < -0.39 is 0 Å². The van der Waals surface area contributed by atoms with Crippen molar-refractivity contribution in [1.82, 2.24) is 9.80 Å². The van der Waals surface area contributed by atoms with Crippen LogP contribution in [0.4, 0.5) is 0 Å². The number of carbonyl (C=O) groups is 1. The fourth-order valence-electron chi connectivity index (χ4n) is 4.53. The zero-order chi connectivity index (χ0) is 22.5. The van der Waals surface area contributed by atoms with E-state index in [0.717, 1.165) is 45.6 Å². The Labute approximate surface area is 191 Å². The molecule has 2 unspecified atom stereocenters. The summed E-state index contributed by atoms with van der Waals surface area (Å²) in [5, 5.41) is 0.411. The zero-order valence-electron chi connectivity index (χ0n) is 19.5. The summed E-state index contributed by atoms with van der Waals surface area (Å²) in [6, 6.07) is 3.44. The smallest absolute Gasteiger partial charge is 0.254 e. The van der Waals surface area contributed by atoms with Gasteiger partial charge in [-0.15, -0.1) is 0 Å². The summed E-state index contributed by atoms with van der Waals surface area (Å²) in [5.74, 6) is 1.99. The van der Waals surface area contributed by atoms with Gasteiger partial charge in [0.2, 0.25) is 0 Å². The maximum absolute atomic E-state index is 13.1. The monoisotopic (exact) mass is 452 g/mol. The summed E-state index contributed by atoms with van der Waals surface area (Å²) in [6.07, 6.45) is 2.62. The maximum Gasteiger partial charge on any atom is 0.254 e. The summed E-state index contributed by atoms with van der Waals surface area (Å²) in [5.41, 5.74) is 0.549. The number of amides is 1. The van der Waals surface area contributed by atoms with Gasteiger partial charge in [0.05, 0.1) is 30.9 Å². The van der Waals surface area contributed by atoms with Crippen LogP contribution in [0, 0.1) is 11.8 Å². The molecule has 0 radical (unpaired) electrons. The van der Waals surface area contributed by atoms with Crippen LogP contribution >= 0.6 is 11.6 Å². The van der Waals surface area contributed by atoms with E-state index in [2.05, 4.69) is 32.6 Å². The quantitative estimate of drug-likeness (QED) is 0.615. The molecule has 31 heavy (non-hydrogen) atoms. The van der Waals surface area contributed by atoms with Crippen molar-refractivity contribution in [3.05, 3.63) is 22.7 Å². The standard InChI is InChI=1S/C24H37ClN2O4/c1-16(2)15-30-23-21(25)10-20(11-22(23)29-5)24(28)27-8-6-19(7-9-27)14-26-12-17(3)31-18(4)13-26/h10-11,16-19H,6-9,12-15H2,1-5H3. The van der Waals surface area contributed by atoms with E-state index in [9.17, 15) is 4.79 Å². The lowest BCUT2D eigenvalue weighted by atomic mass is 9.95. The molecular weight excluding hydrogens is 416 g/mol. The summed E-state index contributed by atoms with van der Waals surface area (Å²) in [7, 11) is 1.57. The average Bonchev–Trinajstić information content (AvgIpc) is 2.71. The van der Waals surface area contributed by atoms with E-state index in [4.69, 9.17) is 25.8 Å². The summed E-state index contributed by atoms with van der Waals surface area (Å²) >= 11 is 6.44. The third-order valence-electron chi connectivity index (χ3n) is 5.95. The van der Waals surface area contributed by atoms with Crippen LogP contribution in [0.5, 0.6) is 11.5 Å². The number of hydrogen-bond donors (Lipinski definition) is 0. The highest BCUT2D eigenvalue weighted by molar-refractivity contribution is 6.32. The van der Waals surface area contributed by atoms with Crippen molar-refractivity contribution >= 4 is 17.5 Å². The molecule has 2 atom stereocenters. The number of rotatable bonds is 7. The maximum atomic E-state index is 13.1. The molecule has 2 aliphatic heterocycles. The van der Waals surface area contributed by atoms with Gasteiger partial charge in [0.15, 0.2) is 11.5 Å². The fourth-order valence-corrected chi connectivity index (χ4v) is 4.80. The summed E-state index contributed by atoms with van der Waals surface area (Å²) in [4.78, 5) is 17.6. The Kier molecular flexibility index (Phi) is 8.48. The number of carbonyl (C=O) groups excluding carboxylic acids is 1. The first-order valence-electron chi connectivity index (χ1n) is 11.4. The van der Waals surface area contributed by atoms with Gasteiger partial charge < -0.3 is 19.1 Å². The molecule has 0 spiro atoms. The summed E-state index contributed by atoms with van der Waals surface area (Å²) < 4.78 is 17.1. The predicted molar refractivity (Wildman–Crippen MR) is 123 cm³/mol. The Balaban J connectivity index is 1.58. The van der Waals surface area contributed by atoms with Gasteiger partial charge in [0.1, 0.15) is 0 Å². The highest BCUT2D eigenvalue weighted by Crippen LogP contribution is 2.37. The lowest BCUT2D eigenvalue weighted by Gasteiger charge is -2.39. The third kappa shape index (κ3) is 6.50. The molecule has 3 rings (SSSR count). The molecule has 174 valence electrons. The van der Waals surface area contributed by atoms with Crippen molar-refractivity contribution in [1.29, 1.82) is 0 Å². The van der Waals surface area contributed by atoms with Crippen LogP contribution in [0.15, 0.2) is 12.1 Å². The van der Waals surface area contributed by atoms with Crippen LogP contribution in [0.1, 0.15) is 50.9 Å². The van der Waals surface area contributed by atoms with E-state index in [1.54, 1.807) is 19.2 Å². The van der Waals surface area contributed by atoms with Gasteiger partial charge in [0, 0.05) is 38.3 Å². The fraction of sp³-hybridized carbons (Fsp3) is 0.708. The van der Waals surface area contributed by atoms with Crippen LogP contribution in [-0.4, -0.2) is 74.4 Å². The SMILES string of the molecule is COc1cc(C(=O)N2CCC(CN3CC(C)OC(C)C3)CC2)cc(Cl)c1OCC(C)C. The predicted octanol–water partition coefficient (Wildman–Crippen LogP) is 4.34. The van der Waals surface area contributed by atoms with E-state index >= 15 is 0 Å². The first-order valence-corrected chi connectivity index (χ1v) is 11.8. The Hall–Kier alpha value is -1.50. The van der Waals surface area contributed by atoms with Gasteiger partial charge in [-0.3, -0.25) is 9.69 Å². The van der Waals surface area contributed by atoms with Gasteiger partial charge in [-0.1, -0.05) is 25.4 Å². The van der Waals surface area contributed by atoms with Crippen molar-refractivity contribution in [3.63, 3.8) is 0 Å². The van der Waals surface area contributed by atoms with Gasteiger partial charge in [-0.25, -0.2) is 0 Å². The van der Waals surface area contributed by atoms with Crippen LogP contribution < -0.4 is 9.47 Å². The highest BCUT2D eigenvalue weighted by Gasteiger charge is 2.29. The van der Waals surface area contributed by atoms with Gasteiger partial charge in [-0.2, -0.15) is 0 Å². The first-order chi connectivity index (χ1) is 14.8. The molecule has 0 aliphatic carbocycles. The topological polar surface area (TPSA) is 51.2 Å². The van der Waals surface area contributed by atoms with E-state index in [-0.39, 0.29) is 18.1 Å². The van der Waals surface area contributed by atoms with Crippen molar-refractivity contribution < 1.29 is 19.0 Å². The number of nitrogens with zero attached hydrogens (tertiary/aromatic N) is 2. The number of likely N-dealkylation sites (tertiary alicyclic amines) is 1. The lowest BCUT2D eigenvalue weighted by molar-refractivity contribution is -0.0728. The number of ether oxygens (including phenoxy) is 3. The van der Waals surface area contributed by atoms with Crippen molar-refractivity contribution in [2.24, 2.45) is 11.8 Å². The second-order valence-corrected chi connectivity index (χ2v) is 9.81. The van der Waals surface area contributed by atoms with Crippen LogP contribution in [0.2, 0.25) is 5.02 Å². The zero-order valence-corrected chi connectivity index (χ0v) is 20.3. The Morgan fingerprint density at radius 2 is 1.84 bits per heavy atom. The van der Waals surface area contributed by atoms with Crippen molar-refractivity contribution in [3.8, 4) is 11.5 Å². The van der Waals surface area contributed by atoms with Crippen molar-refractivity contribution in [2.45, 2.75) is 52.7 Å². The highest BCUT2D eigenvalue weighted by atomic mass is 35.5. The molecule has 2 saturated heterocycles. The molecule has 0 N–H and O–H groups in total. The molecule has 1 aromatic carbocycles. The molecule has 2 aliphatic rings. The molecule has 0 bridgehead atoms. The molecule has 0 saturated carbocycles. The number of hydrogen-bond acceptors (Lipinski definition) is 5. The van der Waals surface area contributed by atoms with Crippen LogP contribution in [0.25, 0.3) is 0 Å². The molecule has 2 heterocycles. The molecule has 2 fully saturated rings. The Bertz CT molecular complexity index is 739. The minimum atomic E-state index is 0.00248. The van der Waals surface area contributed by atoms with E-state index in [1.807, 2.05) is 4.90 Å². The largest absolute Gasteiger partial charge is 0.493 e. The molecular formula is C24H37ClN2O4. The first kappa shape index (κ1) is 24.1. The number of methoxy groups -OCH3 is 1. The Morgan fingerprint density at radius 3 is 2.42 bits per heavy atom. The molecule has 7 heteroatoms. The third-order valence-corrected chi connectivity index (χ3v) is 6.23. The lowest BCUT2D eigenvalue weighted by Crippen LogP contribution is -2.48. The number of morpholine rings is 1. The van der Waals surface area contributed by atoms with Crippen LogP contribution in [-0.2, 0) is 4.74 Å². The van der Waals surface area contributed by atoms with Gasteiger partial charge >= 0.3 is 0 Å². The average molecular weight is 453 g/mol. The molecule has 6 nitrogen and oxygen atoms in total. The minimum absolute atomic E-state index is 0.00248. The van der Waals surface area contributed by atoms with Gasteiger partial charge in [0.25, 0.3) is 5.91 Å². The Morgan fingerprint density at radius 1 is 1.19 bits per heavy atom. The molecule has 1 amide bonds. The van der Waals surface area contributed by atoms with Crippen molar-refractivity contribution in [2.75, 3.05) is 46.4 Å². The number of piperidine rings is 1. The summed E-state index contributed by atoms with van der Waals surface area (Å²) in [6.45, 7) is 13.6. The second-order valence-electron chi connectivity index (χ2n) is 9.41. The minimum Gasteiger partial charge on any atom is -0.493 e.